The van der Waals surface area contributed by atoms with Crippen LogP contribution in [-0.2, 0) is 0 Å². The number of nitrogens with one attached hydrogen (secondary N) is 1. The third kappa shape index (κ3) is 2.26. The Kier molecular flexibility index (Phi) is 3.59. The Morgan fingerprint density at radius 3 is 2.70 bits per heavy atom. The van der Waals surface area contributed by atoms with Crippen LogP contribution in [0.3, 0.4) is 0 Å². The minimum Gasteiger partial charge on any atom is -0.459 e. The molecule has 20 heavy (non-hydrogen) atoms. The highest BCUT2D eigenvalue weighted by atomic mass is 35.5. The summed E-state index contributed by atoms with van der Waals surface area (Å²) in [5.41, 5.74) is 3.25. The summed E-state index contributed by atoms with van der Waals surface area (Å²) in [6, 6.07) is 8.30. The first-order valence-corrected chi connectivity index (χ1v) is 7.76. The molecule has 0 saturated heterocycles. The fourth-order valence-corrected chi connectivity index (χ4v) is 3.79. The van der Waals surface area contributed by atoms with E-state index in [2.05, 4.69) is 35.8 Å². The van der Waals surface area contributed by atoms with E-state index < -0.39 is 0 Å². The molecule has 0 aliphatic heterocycles. The second-order valence-corrected chi connectivity index (χ2v) is 6.30. The standard InChI is InChI=1S/C16H16ClNOS/c1-9-4-5-12-11(6-9)7-13(19-12)15(18-3)16-14(17)10(2)8-20-16/h4-8,15,18H,1-3H3. The zero-order valence-corrected chi connectivity index (χ0v) is 13.2. The van der Waals surface area contributed by atoms with Gasteiger partial charge in [-0.3, -0.25) is 0 Å². The van der Waals surface area contributed by atoms with Crippen molar-refractivity contribution in [2.75, 3.05) is 7.05 Å². The second kappa shape index (κ2) is 5.24. The minimum absolute atomic E-state index is 0.00564. The van der Waals surface area contributed by atoms with Crippen LogP contribution in [0.25, 0.3) is 11.0 Å². The van der Waals surface area contributed by atoms with Gasteiger partial charge in [0.15, 0.2) is 0 Å². The van der Waals surface area contributed by atoms with E-state index in [0.29, 0.717) is 0 Å². The van der Waals surface area contributed by atoms with Crippen LogP contribution in [0.2, 0.25) is 5.02 Å². The SMILES string of the molecule is CNC(c1cc2cc(C)ccc2o1)c1scc(C)c1Cl. The fraction of sp³-hybridized carbons (Fsp3) is 0.250. The number of furan rings is 1. The molecule has 0 aliphatic carbocycles. The van der Waals surface area contributed by atoms with E-state index in [1.807, 2.05) is 20.0 Å². The first kappa shape index (κ1) is 13.7. The average molecular weight is 306 g/mol. The van der Waals surface area contributed by atoms with Crippen molar-refractivity contribution >= 4 is 33.9 Å². The molecule has 2 aromatic heterocycles. The molecule has 1 aromatic carbocycles. The molecule has 3 rings (SSSR count). The van der Waals surface area contributed by atoms with Gasteiger partial charge in [-0.2, -0.15) is 0 Å². The molecule has 0 bridgehead atoms. The van der Waals surface area contributed by atoms with E-state index in [4.69, 9.17) is 16.0 Å². The summed E-state index contributed by atoms with van der Waals surface area (Å²) in [6.07, 6.45) is 0. The van der Waals surface area contributed by atoms with Crippen LogP contribution in [0.4, 0.5) is 0 Å². The molecule has 0 radical (unpaired) electrons. The van der Waals surface area contributed by atoms with Crippen LogP contribution in [0.15, 0.2) is 34.1 Å². The lowest BCUT2D eigenvalue weighted by molar-refractivity contribution is 0.495. The molecule has 0 saturated carbocycles. The summed E-state index contributed by atoms with van der Waals surface area (Å²) in [5.74, 6) is 0.900. The Morgan fingerprint density at radius 2 is 2.05 bits per heavy atom. The van der Waals surface area contributed by atoms with Gasteiger partial charge in [-0.25, -0.2) is 0 Å². The van der Waals surface area contributed by atoms with E-state index in [9.17, 15) is 0 Å². The molecule has 1 atom stereocenters. The average Bonchev–Trinajstić information content (AvgIpc) is 2.97. The first-order valence-electron chi connectivity index (χ1n) is 6.51. The number of benzene rings is 1. The van der Waals surface area contributed by atoms with Gasteiger partial charge in [0, 0.05) is 10.3 Å². The third-order valence-electron chi connectivity index (χ3n) is 3.45. The summed E-state index contributed by atoms with van der Waals surface area (Å²) in [6.45, 7) is 4.11. The van der Waals surface area contributed by atoms with E-state index in [1.165, 1.54) is 5.56 Å². The maximum absolute atomic E-state index is 6.38. The van der Waals surface area contributed by atoms with Crippen molar-refractivity contribution in [2.24, 2.45) is 0 Å². The molecule has 0 amide bonds. The quantitative estimate of drug-likeness (QED) is 0.730. The Balaban J connectivity index is 2.09. The highest BCUT2D eigenvalue weighted by molar-refractivity contribution is 7.10. The Morgan fingerprint density at radius 1 is 1.25 bits per heavy atom. The minimum atomic E-state index is -0.00564. The normalized spacial score (nSPS) is 13.0. The highest BCUT2D eigenvalue weighted by Gasteiger charge is 2.21. The second-order valence-electron chi connectivity index (χ2n) is 5.01. The summed E-state index contributed by atoms with van der Waals surface area (Å²) < 4.78 is 5.98. The van der Waals surface area contributed by atoms with Gasteiger partial charge >= 0.3 is 0 Å². The van der Waals surface area contributed by atoms with Crippen molar-refractivity contribution in [3.63, 3.8) is 0 Å². The molecular formula is C16H16ClNOS. The lowest BCUT2D eigenvalue weighted by Gasteiger charge is -2.12. The maximum atomic E-state index is 6.38. The highest BCUT2D eigenvalue weighted by Crippen LogP contribution is 2.37. The van der Waals surface area contributed by atoms with E-state index in [-0.39, 0.29) is 6.04 Å². The lowest BCUT2D eigenvalue weighted by atomic mass is 10.1. The smallest absolute Gasteiger partial charge is 0.134 e. The van der Waals surface area contributed by atoms with Crippen molar-refractivity contribution in [2.45, 2.75) is 19.9 Å². The zero-order chi connectivity index (χ0) is 14.3. The lowest BCUT2D eigenvalue weighted by Crippen LogP contribution is -2.16. The van der Waals surface area contributed by atoms with Crippen molar-refractivity contribution in [1.82, 2.24) is 5.32 Å². The summed E-state index contributed by atoms with van der Waals surface area (Å²) in [7, 11) is 1.93. The fourth-order valence-electron chi connectivity index (χ4n) is 2.37. The summed E-state index contributed by atoms with van der Waals surface area (Å²) >= 11 is 8.05. The Labute approximate surface area is 127 Å². The number of aryl methyl sites for hydroxylation is 2. The summed E-state index contributed by atoms with van der Waals surface area (Å²) in [5, 5.41) is 7.33. The summed E-state index contributed by atoms with van der Waals surface area (Å²) in [4.78, 5) is 1.10. The van der Waals surface area contributed by atoms with Gasteiger partial charge in [0.1, 0.15) is 17.4 Å². The van der Waals surface area contributed by atoms with Gasteiger partial charge in [-0.05, 0) is 50.0 Å². The molecule has 0 fully saturated rings. The van der Waals surface area contributed by atoms with Crippen LogP contribution >= 0.6 is 22.9 Å². The van der Waals surface area contributed by atoms with E-state index in [0.717, 1.165) is 32.2 Å². The van der Waals surface area contributed by atoms with Crippen LogP contribution in [-0.4, -0.2) is 7.05 Å². The van der Waals surface area contributed by atoms with Crippen molar-refractivity contribution in [3.05, 3.63) is 56.4 Å². The molecule has 2 nitrogen and oxygen atoms in total. The van der Waals surface area contributed by atoms with E-state index >= 15 is 0 Å². The number of rotatable bonds is 3. The third-order valence-corrected chi connectivity index (χ3v) is 5.23. The molecule has 4 heteroatoms. The molecule has 2 heterocycles. The number of halogens is 1. The Bertz CT molecular complexity index is 759. The van der Waals surface area contributed by atoms with Gasteiger partial charge < -0.3 is 9.73 Å². The molecule has 0 spiro atoms. The molecule has 1 N–H and O–H groups in total. The van der Waals surface area contributed by atoms with Crippen molar-refractivity contribution < 1.29 is 4.42 Å². The van der Waals surface area contributed by atoms with Crippen LogP contribution < -0.4 is 5.32 Å². The van der Waals surface area contributed by atoms with Crippen LogP contribution in [0, 0.1) is 13.8 Å². The number of fused-ring (bicyclic) bond motifs is 1. The predicted octanol–water partition coefficient (Wildman–Crippen LogP) is 5.07. The van der Waals surface area contributed by atoms with Gasteiger partial charge in [0.05, 0.1) is 5.02 Å². The van der Waals surface area contributed by atoms with E-state index in [1.54, 1.807) is 11.3 Å². The zero-order valence-electron chi connectivity index (χ0n) is 11.7. The Hall–Kier alpha value is -1.29. The van der Waals surface area contributed by atoms with Gasteiger partial charge in [0.2, 0.25) is 0 Å². The molecule has 0 aliphatic rings. The predicted molar refractivity (Wildman–Crippen MR) is 85.9 cm³/mol. The number of hydrogen-bond acceptors (Lipinski definition) is 3. The molecular weight excluding hydrogens is 290 g/mol. The van der Waals surface area contributed by atoms with Crippen molar-refractivity contribution in [1.29, 1.82) is 0 Å². The van der Waals surface area contributed by atoms with Gasteiger partial charge in [0.25, 0.3) is 0 Å². The van der Waals surface area contributed by atoms with Crippen LogP contribution in [0.1, 0.15) is 27.8 Å². The van der Waals surface area contributed by atoms with Gasteiger partial charge in [-0.15, -0.1) is 11.3 Å². The molecule has 104 valence electrons. The largest absolute Gasteiger partial charge is 0.459 e. The van der Waals surface area contributed by atoms with Gasteiger partial charge in [-0.1, -0.05) is 23.2 Å². The number of hydrogen-bond donors (Lipinski definition) is 1. The monoisotopic (exact) mass is 305 g/mol. The topological polar surface area (TPSA) is 25.2 Å². The molecule has 1 unspecified atom stereocenters. The molecule has 3 aromatic rings. The first-order chi connectivity index (χ1) is 9.60. The maximum Gasteiger partial charge on any atom is 0.134 e. The van der Waals surface area contributed by atoms with Crippen LogP contribution in [0.5, 0.6) is 0 Å². The number of thiophene rings is 1. The van der Waals surface area contributed by atoms with Crippen molar-refractivity contribution in [3.8, 4) is 0 Å².